The number of aromatic amines is 1. The van der Waals surface area contributed by atoms with Crippen molar-refractivity contribution in [2.75, 3.05) is 14.2 Å². The molecule has 0 saturated carbocycles. The number of hydrogen-bond acceptors (Lipinski definition) is 4. The summed E-state index contributed by atoms with van der Waals surface area (Å²) in [6, 6.07) is 11.6. The first-order valence-corrected chi connectivity index (χ1v) is 5.85. The van der Waals surface area contributed by atoms with E-state index in [-0.39, 0.29) is 0 Å². The van der Waals surface area contributed by atoms with Crippen LogP contribution in [0, 0.1) is 0 Å². The Balaban J connectivity index is 2.14. The highest BCUT2D eigenvalue weighted by atomic mass is 16.5. The molecule has 5 nitrogen and oxygen atoms in total. The predicted molar refractivity (Wildman–Crippen MR) is 72.4 cm³/mol. The summed E-state index contributed by atoms with van der Waals surface area (Å²) in [7, 11) is 3.28. The molecule has 5 heteroatoms. The van der Waals surface area contributed by atoms with E-state index >= 15 is 0 Å². The molecule has 0 aliphatic rings. The third-order valence-electron chi connectivity index (χ3n) is 3.04. The summed E-state index contributed by atoms with van der Waals surface area (Å²) < 4.78 is 10.6. The number of fused-ring (bicyclic) bond motifs is 1. The van der Waals surface area contributed by atoms with Gasteiger partial charge in [0.15, 0.2) is 0 Å². The third-order valence-corrected chi connectivity index (χ3v) is 3.04. The smallest absolute Gasteiger partial charge is 0.130 e. The van der Waals surface area contributed by atoms with Crippen molar-refractivity contribution in [1.82, 2.24) is 15.4 Å². The first-order valence-electron chi connectivity index (χ1n) is 5.85. The minimum Gasteiger partial charge on any atom is -0.497 e. The van der Waals surface area contributed by atoms with Gasteiger partial charge in [-0.15, -0.1) is 0 Å². The topological polar surface area (TPSA) is 60.0 Å². The minimum atomic E-state index is 0.766. The molecule has 3 rings (SSSR count). The van der Waals surface area contributed by atoms with Crippen molar-refractivity contribution in [1.29, 1.82) is 0 Å². The van der Waals surface area contributed by atoms with Gasteiger partial charge in [0, 0.05) is 11.6 Å². The van der Waals surface area contributed by atoms with E-state index in [1.807, 2.05) is 36.4 Å². The first-order chi connectivity index (χ1) is 9.31. The Morgan fingerprint density at radius 1 is 0.895 bits per heavy atom. The molecule has 0 saturated heterocycles. The Bertz CT molecular complexity index is 722. The highest BCUT2D eigenvalue weighted by molar-refractivity contribution is 5.83. The Morgan fingerprint density at radius 2 is 1.74 bits per heavy atom. The maximum absolute atomic E-state index is 5.41. The fraction of sp³-hybridized carbons (Fsp3) is 0.143. The highest BCUT2D eigenvalue weighted by Crippen LogP contribution is 2.34. The number of aromatic nitrogens is 3. The van der Waals surface area contributed by atoms with E-state index in [0.29, 0.717) is 0 Å². The third kappa shape index (κ3) is 1.99. The van der Waals surface area contributed by atoms with Crippen LogP contribution in [0.4, 0.5) is 0 Å². The van der Waals surface area contributed by atoms with E-state index in [9.17, 15) is 0 Å². The standard InChI is InChI=1S/C14H13N3O2/c1-18-10-4-5-11(14(8-10)19-2)9-3-6-12-13(7-9)16-17-15-12/h3-8H,1-2H3,(H,15,16,17). The van der Waals surface area contributed by atoms with Crippen molar-refractivity contribution in [3.63, 3.8) is 0 Å². The van der Waals surface area contributed by atoms with Crippen LogP contribution >= 0.6 is 0 Å². The maximum atomic E-state index is 5.41. The van der Waals surface area contributed by atoms with Crippen LogP contribution in [-0.2, 0) is 0 Å². The Morgan fingerprint density at radius 3 is 2.53 bits per heavy atom. The number of rotatable bonds is 3. The van der Waals surface area contributed by atoms with Crippen LogP contribution in [0.25, 0.3) is 22.2 Å². The van der Waals surface area contributed by atoms with Gasteiger partial charge >= 0.3 is 0 Å². The van der Waals surface area contributed by atoms with Gasteiger partial charge < -0.3 is 9.47 Å². The van der Waals surface area contributed by atoms with Gasteiger partial charge in [-0.25, -0.2) is 0 Å². The number of ether oxygens (including phenoxy) is 2. The summed E-state index contributed by atoms with van der Waals surface area (Å²) in [6.07, 6.45) is 0. The average Bonchev–Trinajstić information content (AvgIpc) is 2.93. The summed E-state index contributed by atoms with van der Waals surface area (Å²) >= 11 is 0. The first kappa shape index (κ1) is 11.5. The van der Waals surface area contributed by atoms with Crippen LogP contribution in [0.2, 0.25) is 0 Å². The van der Waals surface area contributed by atoms with Crippen LogP contribution in [0.3, 0.4) is 0 Å². The fourth-order valence-corrected chi connectivity index (χ4v) is 2.04. The van der Waals surface area contributed by atoms with E-state index in [1.54, 1.807) is 14.2 Å². The molecule has 0 unspecified atom stereocenters. The molecule has 19 heavy (non-hydrogen) atoms. The van der Waals surface area contributed by atoms with Gasteiger partial charge in [-0.05, 0) is 29.8 Å². The lowest BCUT2D eigenvalue weighted by Crippen LogP contribution is -1.90. The fourth-order valence-electron chi connectivity index (χ4n) is 2.04. The molecule has 0 radical (unpaired) electrons. The van der Waals surface area contributed by atoms with Gasteiger partial charge in [0.1, 0.15) is 22.5 Å². The molecule has 0 amide bonds. The van der Waals surface area contributed by atoms with E-state index in [0.717, 1.165) is 33.7 Å². The monoisotopic (exact) mass is 255 g/mol. The lowest BCUT2D eigenvalue weighted by Gasteiger charge is -2.10. The molecule has 0 atom stereocenters. The second-order valence-corrected chi connectivity index (χ2v) is 4.09. The van der Waals surface area contributed by atoms with Crippen LogP contribution < -0.4 is 9.47 Å². The van der Waals surface area contributed by atoms with Gasteiger partial charge in [-0.1, -0.05) is 6.07 Å². The number of nitrogens with zero attached hydrogens (tertiary/aromatic N) is 2. The zero-order chi connectivity index (χ0) is 13.2. The number of nitrogens with one attached hydrogen (secondary N) is 1. The molecule has 2 aromatic carbocycles. The Hall–Kier alpha value is -2.56. The number of H-pyrrole nitrogens is 1. The molecule has 96 valence electrons. The maximum Gasteiger partial charge on any atom is 0.130 e. The summed E-state index contributed by atoms with van der Waals surface area (Å²) in [5.74, 6) is 1.53. The van der Waals surface area contributed by atoms with Crippen LogP contribution in [0.15, 0.2) is 36.4 Å². The van der Waals surface area contributed by atoms with Crippen molar-refractivity contribution in [2.24, 2.45) is 0 Å². The van der Waals surface area contributed by atoms with E-state index in [1.165, 1.54) is 0 Å². The SMILES string of the molecule is COc1ccc(-c2ccc3n[nH]nc3c2)c(OC)c1. The molecule has 1 heterocycles. The quantitative estimate of drug-likeness (QED) is 0.781. The van der Waals surface area contributed by atoms with Crippen molar-refractivity contribution in [3.8, 4) is 22.6 Å². The second kappa shape index (κ2) is 4.61. The van der Waals surface area contributed by atoms with Gasteiger partial charge in [-0.2, -0.15) is 15.4 Å². The normalized spacial score (nSPS) is 10.6. The molecule has 0 spiro atoms. The highest BCUT2D eigenvalue weighted by Gasteiger charge is 2.09. The summed E-state index contributed by atoms with van der Waals surface area (Å²) in [6.45, 7) is 0. The van der Waals surface area contributed by atoms with Gasteiger partial charge in [0.05, 0.1) is 14.2 Å². The average molecular weight is 255 g/mol. The molecule has 0 aliphatic carbocycles. The second-order valence-electron chi connectivity index (χ2n) is 4.09. The summed E-state index contributed by atoms with van der Waals surface area (Å²) in [5, 5.41) is 10.7. The van der Waals surface area contributed by atoms with Crippen molar-refractivity contribution in [3.05, 3.63) is 36.4 Å². The number of benzene rings is 2. The molecular formula is C14H13N3O2. The summed E-state index contributed by atoms with van der Waals surface area (Å²) in [5.41, 5.74) is 3.70. The van der Waals surface area contributed by atoms with Crippen molar-refractivity contribution >= 4 is 11.0 Å². The van der Waals surface area contributed by atoms with Gasteiger partial charge in [0.25, 0.3) is 0 Å². The van der Waals surface area contributed by atoms with E-state index in [4.69, 9.17) is 9.47 Å². The van der Waals surface area contributed by atoms with Crippen molar-refractivity contribution < 1.29 is 9.47 Å². The van der Waals surface area contributed by atoms with Crippen LogP contribution in [-0.4, -0.2) is 29.6 Å². The van der Waals surface area contributed by atoms with Crippen LogP contribution in [0.1, 0.15) is 0 Å². The predicted octanol–water partition coefficient (Wildman–Crippen LogP) is 2.64. The Kier molecular flexibility index (Phi) is 2.79. The van der Waals surface area contributed by atoms with E-state index in [2.05, 4.69) is 15.4 Å². The molecule has 3 aromatic rings. The van der Waals surface area contributed by atoms with E-state index < -0.39 is 0 Å². The largest absolute Gasteiger partial charge is 0.497 e. The number of methoxy groups -OCH3 is 2. The molecular weight excluding hydrogens is 242 g/mol. The molecule has 0 bridgehead atoms. The van der Waals surface area contributed by atoms with Crippen LogP contribution in [0.5, 0.6) is 11.5 Å². The molecule has 1 aromatic heterocycles. The molecule has 0 aliphatic heterocycles. The minimum absolute atomic E-state index is 0.766. The number of hydrogen-bond donors (Lipinski definition) is 1. The molecule has 0 fully saturated rings. The Labute approximate surface area is 110 Å². The molecule has 1 N–H and O–H groups in total. The van der Waals surface area contributed by atoms with Crippen molar-refractivity contribution in [2.45, 2.75) is 0 Å². The summed E-state index contributed by atoms with van der Waals surface area (Å²) in [4.78, 5) is 0. The zero-order valence-electron chi connectivity index (χ0n) is 10.7. The van der Waals surface area contributed by atoms with Gasteiger partial charge in [0.2, 0.25) is 0 Å². The lowest BCUT2D eigenvalue weighted by atomic mass is 10.0. The lowest BCUT2D eigenvalue weighted by molar-refractivity contribution is 0.395. The van der Waals surface area contributed by atoms with Gasteiger partial charge in [-0.3, -0.25) is 0 Å². The zero-order valence-corrected chi connectivity index (χ0v) is 10.7.